The number of rotatable bonds is 5. The SMILES string of the molecule is CC(C)OCC(=O)N[C@H](C)CN. The zero-order chi connectivity index (χ0) is 9.56. The smallest absolute Gasteiger partial charge is 0.246 e. The molecule has 0 bridgehead atoms. The molecular formula is C8H18N2O2. The fourth-order valence-electron chi connectivity index (χ4n) is 0.618. The van der Waals surface area contributed by atoms with Crippen LogP contribution in [0.3, 0.4) is 0 Å². The number of hydrogen-bond donors (Lipinski definition) is 2. The van der Waals surface area contributed by atoms with E-state index in [9.17, 15) is 4.79 Å². The van der Waals surface area contributed by atoms with Crippen molar-refractivity contribution in [2.45, 2.75) is 32.9 Å². The zero-order valence-electron chi connectivity index (χ0n) is 7.96. The quantitative estimate of drug-likeness (QED) is 0.610. The van der Waals surface area contributed by atoms with Crippen molar-refractivity contribution in [3.8, 4) is 0 Å². The summed E-state index contributed by atoms with van der Waals surface area (Å²) < 4.78 is 5.10. The van der Waals surface area contributed by atoms with Crippen molar-refractivity contribution in [1.82, 2.24) is 5.32 Å². The summed E-state index contributed by atoms with van der Waals surface area (Å²) in [5.41, 5.74) is 5.32. The Hall–Kier alpha value is -0.610. The molecule has 0 aromatic rings. The molecule has 0 spiro atoms. The van der Waals surface area contributed by atoms with Gasteiger partial charge in [0.25, 0.3) is 0 Å². The molecule has 0 radical (unpaired) electrons. The highest BCUT2D eigenvalue weighted by molar-refractivity contribution is 5.77. The van der Waals surface area contributed by atoms with Gasteiger partial charge in [0.2, 0.25) is 5.91 Å². The fourth-order valence-corrected chi connectivity index (χ4v) is 0.618. The Morgan fingerprint density at radius 3 is 2.50 bits per heavy atom. The van der Waals surface area contributed by atoms with Crippen LogP contribution in [0, 0.1) is 0 Å². The molecule has 12 heavy (non-hydrogen) atoms. The lowest BCUT2D eigenvalue weighted by molar-refractivity contribution is -0.127. The standard InChI is InChI=1S/C8H18N2O2/c1-6(2)12-5-8(11)10-7(3)4-9/h6-7H,4-5,9H2,1-3H3,(H,10,11)/t7-/m1/s1. The van der Waals surface area contributed by atoms with Crippen LogP contribution in [0.25, 0.3) is 0 Å². The summed E-state index contributed by atoms with van der Waals surface area (Å²) in [5.74, 6) is -0.110. The Kier molecular flexibility index (Phi) is 5.66. The third-order valence-electron chi connectivity index (χ3n) is 1.31. The van der Waals surface area contributed by atoms with E-state index in [0.29, 0.717) is 6.54 Å². The van der Waals surface area contributed by atoms with Crippen LogP contribution in [-0.2, 0) is 9.53 Å². The van der Waals surface area contributed by atoms with E-state index in [1.807, 2.05) is 20.8 Å². The number of hydrogen-bond acceptors (Lipinski definition) is 3. The number of ether oxygens (including phenoxy) is 1. The van der Waals surface area contributed by atoms with E-state index >= 15 is 0 Å². The normalized spacial score (nSPS) is 13.1. The molecule has 0 unspecified atom stereocenters. The van der Waals surface area contributed by atoms with Gasteiger partial charge in [-0.05, 0) is 20.8 Å². The van der Waals surface area contributed by atoms with Gasteiger partial charge in [0.15, 0.2) is 0 Å². The van der Waals surface area contributed by atoms with E-state index in [0.717, 1.165) is 0 Å². The molecular weight excluding hydrogens is 156 g/mol. The van der Waals surface area contributed by atoms with Gasteiger partial charge >= 0.3 is 0 Å². The summed E-state index contributed by atoms with van der Waals surface area (Å²) >= 11 is 0. The zero-order valence-corrected chi connectivity index (χ0v) is 7.96. The Balaban J connectivity index is 3.46. The average Bonchev–Trinajstić information content (AvgIpc) is 2.00. The van der Waals surface area contributed by atoms with Crippen molar-refractivity contribution in [1.29, 1.82) is 0 Å². The van der Waals surface area contributed by atoms with Gasteiger partial charge in [-0.2, -0.15) is 0 Å². The summed E-state index contributed by atoms with van der Waals surface area (Å²) in [4.78, 5) is 11.0. The van der Waals surface area contributed by atoms with Gasteiger partial charge in [-0.15, -0.1) is 0 Å². The molecule has 1 amide bonds. The van der Waals surface area contributed by atoms with Crippen LogP contribution < -0.4 is 11.1 Å². The Morgan fingerprint density at radius 1 is 1.50 bits per heavy atom. The molecule has 4 heteroatoms. The Labute approximate surface area is 73.5 Å². The Morgan fingerprint density at radius 2 is 2.08 bits per heavy atom. The largest absolute Gasteiger partial charge is 0.369 e. The van der Waals surface area contributed by atoms with Crippen LogP contribution in [0.15, 0.2) is 0 Å². The summed E-state index contributed by atoms with van der Waals surface area (Å²) in [6.45, 7) is 6.20. The second-order valence-electron chi connectivity index (χ2n) is 3.06. The van der Waals surface area contributed by atoms with E-state index in [4.69, 9.17) is 10.5 Å². The second kappa shape index (κ2) is 5.97. The molecule has 0 aromatic carbocycles. The first-order valence-electron chi connectivity index (χ1n) is 4.17. The molecule has 0 aromatic heterocycles. The van der Waals surface area contributed by atoms with Gasteiger partial charge in [-0.1, -0.05) is 0 Å². The van der Waals surface area contributed by atoms with Crippen LogP contribution in [-0.4, -0.2) is 31.2 Å². The topological polar surface area (TPSA) is 64.3 Å². The highest BCUT2D eigenvalue weighted by Gasteiger charge is 2.05. The first-order chi connectivity index (χ1) is 5.56. The number of carbonyl (C=O) groups excluding carboxylic acids is 1. The molecule has 3 N–H and O–H groups in total. The molecule has 0 aliphatic heterocycles. The first kappa shape index (κ1) is 11.4. The van der Waals surface area contributed by atoms with E-state index in [2.05, 4.69) is 5.32 Å². The molecule has 72 valence electrons. The number of nitrogens with one attached hydrogen (secondary N) is 1. The molecule has 0 aliphatic carbocycles. The third-order valence-corrected chi connectivity index (χ3v) is 1.31. The van der Waals surface area contributed by atoms with Crippen molar-refractivity contribution in [2.24, 2.45) is 5.73 Å². The molecule has 0 rings (SSSR count). The summed E-state index contributed by atoms with van der Waals surface area (Å²) in [7, 11) is 0. The lowest BCUT2D eigenvalue weighted by Gasteiger charge is -2.12. The minimum absolute atomic E-state index is 0.0215. The number of amides is 1. The molecule has 4 nitrogen and oxygen atoms in total. The van der Waals surface area contributed by atoms with E-state index in [1.54, 1.807) is 0 Å². The van der Waals surface area contributed by atoms with Crippen LogP contribution in [0.5, 0.6) is 0 Å². The van der Waals surface area contributed by atoms with Crippen molar-refractivity contribution >= 4 is 5.91 Å². The van der Waals surface area contributed by atoms with E-state index < -0.39 is 0 Å². The average molecular weight is 174 g/mol. The van der Waals surface area contributed by atoms with Gasteiger partial charge in [0.05, 0.1) is 6.10 Å². The van der Waals surface area contributed by atoms with Gasteiger partial charge in [0, 0.05) is 12.6 Å². The van der Waals surface area contributed by atoms with Crippen LogP contribution in [0.1, 0.15) is 20.8 Å². The van der Waals surface area contributed by atoms with Crippen molar-refractivity contribution in [2.75, 3.05) is 13.2 Å². The second-order valence-corrected chi connectivity index (χ2v) is 3.06. The predicted molar refractivity (Wildman–Crippen MR) is 47.7 cm³/mol. The highest BCUT2D eigenvalue weighted by Crippen LogP contribution is 1.87. The fraction of sp³-hybridized carbons (Fsp3) is 0.875. The number of carbonyl (C=O) groups is 1. The van der Waals surface area contributed by atoms with E-state index in [1.165, 1.54) is 0 Å². The maximum Gasteiger partial charge on any atom is 0.246 e. The summed E-state index contributed by atoms with van der Waals surface area (Å²) in [6.07, 6.45) is 0.0870. The molecule has 0 saturated heterocycles. The van der Waals surface area contributed by atoms with Crippen molar-refractivity contribution in [3.63, 3.8) is 0 Å². The van der Waals surface area contributed by atoms with Gasteiger partial charge in [0.1, 0.15) is 6.61 Å². The lowest BCUT2D eigenvalue weighted by Crippen LogP contribution is -2.40. The summed E-state index contributed by atoms with van der Waals surface area (Å²) in [6, 6.07) is 0.0215. The molecule has 0 heterocycles. The van der Waals surface area contributed by atoms with Crippen molar-refractivity contribution in [3.05, 3.63) is 0 Å². The number of nitrogens with two attached hydrogens (primary N) is 1. The van der Waals surface area contributed by atoms with Gasteiger partial charge < -0.3 is 15.8 Å². The van der Waals surface area contributed by atoms with Crippen LogP contribution in [0.4, 0.5) is 0 Å². The molecule has 0 aliphatic rings. The summed E-state index contributed by atoms with van der Waals surface area (Å²) in [5, 5.41) is 2.70. The van der Waals surface area contributed by atoms with Crippen LogP contribution >= 0.6 is 0 Å². The molecule has 0 saturated carbocycles. The highest BCUT2D eigenvalue weighted by atomic mass is 16.5. The maximum absolute atomic E-state index is 11.0. The Bertz CT molecular complexity index is 137. The first-order valence-corrected chi connectivity index (χ1v) is 4.17. The maximum atomic E-state index is 11.0. The van der Waals surface area contributed by atoms with Crippen molar-refractivity contribution < 1.29 is 9.53 Å². The predicted octanol–water partition coefficient (Wildman–Crippen LogP) is -0.125. The van der Waals surface area contributed by atoms with Crippen LogP contribution in [0.2, 0.25) is 0 Å². The minimum atomic E-state index is -0.110. The van der Waals surface area contributed by atoms with Gasteiger partial charge in [-0.25, -0.2) is 0 Å². The molecule has 1 atom stereocenters. The molecule has 0 fully saturated rings. The lowest BCUT2D eigenvalue weighted by atomic mass is 10.3. The van der Waals surface area contributed by atoms with Gasteiger partial charge in [-0.3, -0.25) is 4.79 Å². The minimum Gasteiger partial charge on any atom is -0.369 e. The monoisotopic (exact) mass is 174 g/mol. The third kappa shape index (κ3) is 6.12. The van der Waals surface area contributed by atoms with E-state index in [-0.39, 0.29) is 24.7 Å².